The minimum Gasteiger partial charge on any atom is -0.356 e. The Morgan fingerprint density at radius 3 is 2.36 bits per heavy atom. The zero-order chi connectivity index (χ0) is 16.0. The quantitative estimate of drug-likeness (QED) is 0.825. The maximum Gasteiger partial charge on any atom is 0.264 e. The van der Waals surface area contributed by atoms with Crippen molar-refractivity contribution in [1.82, 2.24) is 15.3 Å². The number of hydrogen-bond donors (Lipinski definition) is 2. The van der Waals surface area contributed by atoms with Gasteiger partial charge < -0.3 is 5.32 Å². The predicted octanol–water partition coefficient (Wildman–Crippen LogP) is 0.956. The van der Waals surface area contributed by atoms with Crippen LogP contribution >= 0.6 is 0 Å². The zero-order valence-corrected chi connectivity index (χ0v) is 12.8. The second-order valence-corrected chi connectivity index (χ2v) is 6.24. The van der Waals surface area contributed by atoms with Gasteiger partial charge in [0.15, 0.2) is 0 Å². The first-order valence-electron chi connectivity index (χ1n) is 6.60. The lowest BCUT2D eigenvalue weighted by atomic mass is 10.1. The van der Waals surface area contributed by atoms with Crippen LogP contribution in [0.5, 0.6) is 0 Å². The van der Waals surface area contributed by atoms with Gasteiger partial charge in [-0.05, 0) is 30.2 Å². The van der Waals surface area contributed by atoms with Gasteiger partial charge in [0, 0.05) is 25.9 Å². The monoisotopic (exact) mass is 320 g/mol. The topological polar surface area (TPSA) is 101 Å². The number of rotatable bonds is 6. The van der Waals surface area contributed by atoms with E-state index in [1.165, 1.54) is 31.5 Å². The first-order valence-corrected chi connectivity index (χ1v) is 8.09. The number of anilines is 1. The normalized spacial score (nSPS) is 11.0. The largest absolute Gasteiger partial charge is 0.356 e. The molecule has 2 N–H and O–H groups in total. The summed E-state index contributed by atoms with van der Waals surface area (Å²) < 4.78 is 26.6. The van der Waals surface area contributed by atoms with E-state index >= 15 is 0 Å². The third kappa shape index (κ3) is 4.52. The maximum absolute atomic E-state index is 12.2. The van der Waals surface area contributed by atoms with Crippen LogP contribution in [0.1, 0.15) is 12.5 Å². The SMILES string of the molecule is CC(=O)NCCc1ccc(S(=O)(=O)Nc2ncccn2)cc1. The van der Waals surface area contributed by atoms with E-state index in [2.05, 4.69) is 20.0 Å². The minimum absolute atomic E-state index is 0.0252. The molecule has 1 aromatic carbocycles. The Morgan fingerprint density at radius 2 is 1.77 bits per heavy atom. The fourth-order valence-electron chi connectivity index (χ4n) is 1.75. The highest BCUT2D eigenvalue weighted by Gasteiger charge is 2.15. The molecule has 1 heterocycles. The average molecular weight is 320 g/mol. The highest BCUT2D eigenvalue weighted by Crippen LogP contribution is 2.14. The molecular formula is C14H16N4O3S. The number of nitrogens with zero attached hydrogens (tertiary/aromatic N) is 2. The van der Waals surface area contributed by atoms with E-state index in [0.29, 0.717) is 13.0 Å². The predicted molar refractivity (Wildman–Crippen MR) is 81.7 cm³/mol. The first kappa shape index (κ1) is 15.9. The molecule has 1 aromatic heterocycles. The molecule has 0 aliphatic carbocycles. The molecule has 0 unspecified atom stereocenters. The summed E-state index contributed by atoms with van der Waals surface area (Å²) in [6, 6.07) is 8.04. The molecular weight excluding hydrogens is 304 g/mol. The molecule has 2 aromatic rings. The Bertz CT molecular complexity index is 730. The van der Waals surface area contributed by atoms with Crippen molar-refractivity contribution in [2.45, 2.75) is 18.2 Å². The van der Waals surface area contributed by atoms with E-state index in [9.17, 15) is 13.2 Å². The number of carbonyl (C=O) groups is 1. The number of sulfonamides is 1. The molecule has 0 bridgehead atoms. The highest BCUT2D eigenvalue weighted by atomic mass is 32.2. The number of aromatic nitrogens is 2. The third-order valence-electron chi connectivity index (χ3n) is 2.81. The van der Waals surface area contributed by atoms with Gasteiger partial charge in [-0.2, -0.15) is 0 Å². The minimum atomic E-state index is -3.71. The van der Waals surface area contributed by atoms with Crippen molar-refractivity contribution in [2.24, 2.45) is 0 Å². The van der Waals surface area contributed by atoms with Gasteiger partial charge in [0.05, 0.1) is 4.90 Å². The molecule has 8 heteroatoms. The number of amides is 1. The number of hydrogen-bond acceptors (Lipinski definition) is 5. The Balaban J connectivity index is 2.04. The van der Waals surface area contributed by atoms with Crippen LogP contribution < -0.4 is 10.0 Å². The molecule has 0 atom stereocenters. The van der Waals surface area contributed by atoms with E-state index in [1.54, 1.807) is 18.2 Å². The van der Waals surface area contributed by atoms with E-state index < -0.39 is 10.0 Å². The fourth-order valence-corrected chi connectivity index (χ4v) is 2.71. The maximum atomic E-state index is 12.2. The van der Waals surface area contributed by atoms with Crippen molar-refractivity contribution in [3.05, 3.63) is 48.3 Å². The molecule has 0 fully saturated rings. The second-order valence-electron chi connectivity index (χ2n) is 4.55. The van der Waals surface area contributed by atoms with Crippen LogP contribution in [-0.4, -0.2) is 30.8 Å². The van der Waals surface area contributed by atoms with E-state index in [4.69, 9.17) is 0 Å². The summed E-state index contributed by atoms with van der Waals surface area (Å²) in [6.45, 7) is 1.96. The van der Waals surface area contributed by atoms with Gasteiger partial charge in [0.2, 0.25) is 11.9 Å². The summed E-state index contributed by atoms with van der Waals surface area (Å²) >= 11 is 0. The van der Waals surface area contributed by atoms with Crippen LogP contribution in [0.15, 0.2) is 47.6 Å². The lowest BCUT2D eigenvalue weighted by molar-refractivity contribution is -0.118. The van der Waals surface area contributed by atoms with Crippen molar-refractivity contribution in [2.75, 3.05) is 11.3 Å². The summed E-state index contributed by atoms with van der Waals surface area (Å²) in [7, 11) is -3.71. The van der Waals surface area contributed by atoms with E-state index in [0.717, 1.165) is 5.56 Å². The lowest BCUT2D eigenvalue weighted by Crippen LogP contribution is -2.22. The number of nitrogens with one attached hydrogen (secondary N) is 2. The Labute approximate surface area is 128 Å². The van der Waals surface area contributed by atoms with Gasteiger partial charge in [0.1, 0.15) is 0 Å². The Morgan fingerprint density at radius 1 is 1.14 bits per heavy atom. The highest BCUT2D eigenvalue weighted by molar-refractivity contribution is 7.92. The smallest absolute Gasteiger partial charge is 0.264 e. The van der Waals surface area contributed by atoms with Crippen LogP contribution in [0.4, 0.5) is 5.95 Å². The lowest BCUT2D eigenvalue weighted by Gasteiger charge is -2.07. The van der Waals surface area contributed by atoms with Crippen LogP contribution in [0.2, 0.25) is 0 Å². The molecule has 116 valence electrons. The van der Waals surface area contributed by atoms with Crippen LogP contribution in [0.25, 0.3) is 0 Å². The van der Waals surface area contributed by atoms with Gasteiger partial charge in [-0.3, -0.25) is 4.79 Å². The van der Waals surface area contributed by atoms with Gasteiger partial charge in [0.25, 0.3) is 10.0 Å². The van der Waals surface area contributed by atoms with Gasteiger partial charge in [-0.15, -0.1) is 0 Å². The molecule has 0 aliphatic heterocycles. The Hall–Kier alpha value is -2.48. The third-order valence-corrected chi connectivity index (χ3v) is 4.16. The molecule has 2 rings (SSSR count). The van der Waals surface area contributed by atoms with Crippen molar-refractivity contribution >= 4 is 21.9 Å². The van der Waals surface area contributed by atoms with Crippen LogP contribution in [0, 0.1) is 0 Å². The summed E-state index contributed by atoms with van der Waals surface area (Å²) in [5.41, 5.74) is 0.934. The van der Waals surface area contributed by atoms with Crippen molar-refractivity contribution in [3.8, 4) is 0 Å². The standard InChI is InChI=1S/C14H16N4O3S/c1-11(19)15-10-7-12-3-5-13(6-4-12)22(20,21)18-14-16-8-2-9-17-14/h2-6,8-9H,7,10H2,1H3,(H,15,19)(H,16,17,18). The van der Waals surface area contributed by atoms with E-state index in [1.807, 2.05) is 0 Å². The molecule has 7 nitrogen and oxygen atoms in total. The molecule has 22 heavy (non-hydrogen) atoms. The summed E-state index contributed by atoms with van der Waals surface area (Å²) in [4.78, 5) is 18.6. The fraction of sp³-hybridized carbons (Fsp3) is 0.214. The number of carbonyl (C=O) groups excluding carboxylic acids is 1. The van der Waals surface area contributed by atoms with Crippen LogP contribution in [-0.2, 0) is 21.2 Å². The summed E-state index contributed by atoms with van der Waals surface area (Å²) in [5, 5.41) is 2.69. The van der Waals surface area contributed by atoms with Gasteiger partial charge >= 0.3 is 0 Å². The van der Waals surface area contributed by atoms with Crippen molar-refractivity contribution in [3.63, 3.8) is 0 Å². The van der Waals surface area contributed by atoms with E-state index in [-0.39, 0.29) is 16.8 Å². The molecule has 1 amide bonds. The average Bonchev–Trinajstić information content (AvgIpc) is 2.48. The molecule has 0 aliphatic rings. The molecule has 0 saturated heterocycles. The second kappa shape index (κ2) is 6.99. The summed E-state index contributed by atoms with van der Waals surface area (Å²) in [5.74, 6) is -0.0662. The summed E-state index contributed by atoms with van der Waals surface area (Å²) in [6.07, 6.45) is 3.54. The Kier molecular flexibility index (Phi) is 5.05. The van der Waals surface area contributed by atoms with Gasteiger partial charge in [-0.1, -0.05) is 12.1 Å². The van der Waals surface area contributed by atoms with Gasteiger partial charge in [-0.25, -0.2) is 23.1 Å². The van der Waals surface area contributed by atoms with Crippen molar-refractivity contribution in [1.29, 1.82) is 0 Å². The molecule has 0 spiro atoms. The number of benzene rings is 1. The molecule has 0 radical (unpaired) electrons. The first-order chi connectivity index (χ1) is 10.5. The zero-order valence-electron chi connectivity index (χ0n) is 12.0. The van der Waals surface area contributed by atoms with Crippen molar-refractivity contribution < 1.29 is 13.2 Å². The molecule has 0 saturated carbocycles. The van der Waals surface area contributed by atoms with Crippen LogP contribution in [0.3, 0.4) is 0 Å².